The SMILES string of the molecule is O=C1CCOC1c1ccccc1. The lowest BCUT2D eigenvalue weighted by Gasteiger charge is -2.06. The van der Waals surface area contributed by atoms with E-state index in [4.69, 9.17) is 4.74 Å². The van der Waals surface area contributed by atoms with Gasteiger partial charge in [-0.1, -0.05) is 30.3 Å². The molecule has 1 aliphatic heterocycles. The molecule has 1 atom stereocenters. The van der Waals surface area contributed by atoms with Gasteiger partial charge in [-0.25, -0.2) is 0 Å². The third kappa shape index (κ3) is 1.25. The molecule has 0 amide bonds. The number of carbonyl (C=O) groups is 1. The summed E-state index contributed by atoms with van der Waals surface area (Å²) in [6, 6.07) is 9.62. The van der Waals surface area contributed by atoms with Crippen LogP contribution in [0.2, 0.25) is 0 Å². The first-order valence-corrected chi connectivity index (χ1v) is 4.07. The number of hydrogen-bond acceptors (Lipinski definition) is 2. The average Bonchev–Trinajstić information content (AvgIpc) is 2.53. The molecule has 1 aromatic carbocycles. The van der Waals surface area contributed by atoms with Crippen molar-refractivity contribution in [2.45, 2.75) is 12.5 Å². The number of carbonyl (C=O) groups excluding carboxylic acids is 1. The Balaban J connectivity index is 2.25. The van der Waals surface area contributed by atoms with Crippen LogP contribution in [0.3, 0.4) is 0 Å². The maximum Gasteiger partial charge on any atom is 0.168 e. The van der Waals surface area contributed by atoms with E-state index in [1.807, 2.05) is 30.3 Å². The number of ketones is 1. The molecule has 1 heterocycles. The van der Waals surface area contributed by atoms with E-state index < -0.39 is 0 Å². The summed E-state index contributed by atoms with van der Waals surface area (Å²) in [6.45, 7) is 0.568. The van der Waals surface area contributed by atoms with Gasteiger partial charge < -0.3 is 4.74 Å². The molecule has 0 aromatic heterocycles. The van der Waals surface area contributed by atoms with Crippen molar-refractivity contribution in [3.63, 3.8) is 0 Å². The van der Waals surface area contributed by atoms with Crippen LogP contribution in [0.1, 0.15) is 18.1 Å². The van der Waals surface area contributed by atoms with Gasteiger partial charge in [0, 0.05) is 6.42 Å². The lowest BCUT2D eigenvalue weighted by molar-refractivity contribution is -0.122. The van der Waals surface area contributed by atoms with E-state index in [9.17, 15) is 4.79 Å². The van der Waals surface area contributed by atoms with Crippen molar-refractivity contribution >= 4 is 5.78 Å². The molecule has 0 bridgehead atoms. The summed E-state index contributed by atoms with van der Waals surface area (Å²) in [7, 11) is 0. The van der Waals surface area contributed by atoms with Crippen molar-refractivity contribution in [2.75, 3.05) is 6.61 Å². The lowest BCUT2D eigenvalue weighted by atomic mass is 10.1. The summed E-state index contributed by atoms with van der Waals surface area (Å²) in [5, 5.41) is 0. The second kappa shape index (κ2) is 3.07. The molecule has 1 saturated heterocycles. The Labute approximate surface area is 71.2 Å². The monoisotopic (exact) mass is 162 g/mol. The molecule has 1 aromatic rings. The van der Waals surface area contributed by atoms with Crippen LogP contribution >= 0.6 is 0 Å². The van der Waals surface area contributed by atoms with Crippen molar-refractivity contribution in [1.82, 2.24) is 0 Å². The number of benzene rings is 1. The third-order valence-electron chi connectivity index (χ3n) is 2.03. The highest BCUT2D eigenvalue weighted by Gasteiger charge is 2.26. The largest absolute Gasteiger partial charge is 0.365 e. The number of hydrogen-bond donors (Lipinski definition) is 0. The molecular weight excluding hydrogens is 152 g/mol. The minimum atomic E-state index is -0.300. The predicted molar refractivity (Wildman–Crippen MR) is 44.8 cm³/mol. The second-order valence-electron chi connectivity index (χ2n) is 2.88. The molecule has 62 valence electrons. The molecule has 0 aliphatic carbocycles. The van der Waals surface area contributed by atoms with Gasteiger partial charge in [0.25, 0.3) is 0 Å². The zero-order chi connectivity index (χ0) is 8.39. The summed E-state index contributed by atoms with van der Waals surface area (Å²) >= 11 is 0. The fourth-order valence-electron chi connectivity index (χ4n) is 1.41. The van der Waals surface area contributed by atoms with Gasteiger partial charge in [-0.3, -0.25) is 4.79 Å². The van der Waals surface area contributed by atoms with Crippen LogP contribution in [0.25, 0.3) is 0 Å². The van der Waals surface area contributed by atoms with E-state index in [0.717, 1.165) is 5.56 Å². The topological polar surface area (TPSA) is 26.3 Å². The van der Waals surface area contributed by atoms with Crippen molar-refractivity contribution in [3.8, 4) is 0 Å². The van der Waals surface area contributed by atoms with Gasteiger partial charge in [-0.15, -0.1) is 0 Å². The van der Waals surface area contributed by atoms with Crippen molar-refractivity contribution in [3.05, 3.63) is 35.9 Å². The highest BCUT2D eigenvalue weighted by atomic mass is 16.5. The van der Waals surface area contributed by atoms with E-state index in [2.05, 4.69) is 0 Å². The molecule has 0 spiro atoms. The summed E-state index contributed by atoms with van der Waals surface area (Å²) in [5.41, 5.74) is 0.972. The van der Waals surface area contributed by atoms with Gasteiger partial charge in [0.2, 0.25) is 0 Å². The first-order valence-electron chi connectivity index (χ1n) is 4.07. The Morgan fingerprint density at radius 3 is 2.58 bits per heavy atom. The molecule has 2 nitrogen and oxygen atoms in total. The van der Waals surface area contributed by atoms with Crippen molar-refractivity contribution in [2.24, 2.45) is 0 Å². The number of Topliss-reactive ketones (excluding diaryl/α,β-unsaturated/α-hetero) is 1. The minimum Gasteiger partial charge on any atom is -0.365 e. The van der Waals surface area contributed by atoms with Crippen LogP contribution in [0, 0.1) is 0 Å². The highest BCUT2D eigenvalue weighted by molar-refractivity contribution is 5.85. The Morgan fingerprint density at radius 1 is 1.25 bits per heavy atom. The van der Waals surface area contributed by atoms with E-state index >= 15 is 0 Å². The molecule has 0 radical (unpaired) electrons. The zero-order valence-corrected chi connectivity index (χ0v) is 6.69. The van der Waals surface area contributed by atoms with Crippen LogP contribution in [0.5, 0.6) is 0 Å². The molecule has 12 heavy (non-hydrogen) atoms. The molecule has 0 N–H and O–H groups in total. The van der Waals surface area contributed by atoms with Gasteiger partial charge in [0.05, 0.1) is 6.61 Å². The molecule has 2 heteroatoms. The maximum absolute atomic E-state index is 11.2. The summed E-state index contributed by atoms with van der Waals surface area (Å²) < 4.78 is 5.30. The first kappa shape index (κ1) is 7.50. The van der Waals surface area contributed by atoms with E-state index in [-0.39, 0.29) is 11.9 Å². The predicted octanol–water partition coefficient (Wildman–Crippen LogP) is 1.72. The summed E-state index contributed by atoms with van der Waals surface area (Å²) in [5.74, 6) is 0.196. The third-order valence-corrected chi connectivity index (χ3v) is 2.03. The minimum absolute atomic E-state index is 0.196. The van der Waals surface area contributed by atoms with Gasteiger partial charge in [0.1, 0.15) is 6.10 Å². The van der Waals surface area contributed by atoms with Crippen LogP contribution < -0.4 is 0 Å². The van der Waals surface area contributed by atoms with Crippen molar-refractivity contribution in [1.29, 1.82) is 0 Å². The molecule has 0 saturated carbocycles. The van der Waals surface area contributed by atoms with Crippen LogP contribution in [-0.2, 0) is 9.53 Å². The Morgan fingerprint density at radius 2 is 2.00 bits per heavy atom. The smallest absolute Gasteiger partial charge is 0.168 e. The summed E-state index contributed by atoms with van der Waals surface area (Å²) in [4.78, 5) is 11.2. The first-order chi connectivity index (χ1) is 5.88. The maximum atomic E-state index is 11.2. The van der Waals surface area contributed by atoms with E-state index in [1.54, 1.807) is 0 Å². The van der Waals surface area contributed by atoms with Gasteiger partial charge >= 0.3 is 0 Å². The average molecular weight is 162 g/mol. The zero-order valence-electron chi connectivity index (χ0n) is 6.69. The molecule has 1 aliphatic rings. The standard InChI is InChI=1S/C10H10O2/c11-9-6-7-12-10(9)8-4-2-1-3-5-8/h1-5,10H,6-7H2. The lowest BCUT2D eigenvalue weighted by Crippen LogP contribution is -2.04. The highest BCUT2D eigenvalue weighted by Crippen LogP contribution is 2.24. The van der Waals surface area contributed by atoms with Crippen LogP contribution in [-0.4, -0.2) is 12.4 Å². The summed E-state index contributed by atoms with van der Waals surface area (Å²) in [6.07, 6.45) is 0.255. The van der Waals surface area contributed by atoms with Crippen LogP contribution in [0.4, 0.5) is 0 Å². The Bertz CT molecular complexity index is 279. The van der Waals surface area contributed by atoms with E-state index in [1.165, 1.54) is 0 Å². The normalized spacial score (nSPS) is 23.0. The molecule has 1 unspecified atom stereocenters. The molecule has 2 rings (SSSR count). The fraction of sp³-hybridized carbons (Fsp3) is 0.300. The van der Waals surface area contributed by atoms with E-state index in [0.29, 0.717) is 13.0 Å². The Kier molecular flexibility index (Phi) is 1.92. The van der Waals surface area contributed by atoms with Gasteiger partial charge in [-0.05, 0) is 5.56 Å². The number of ether oxygens (including phenoxy) is 1. The van der Waals surface area contributed by atoms with Crippen molar-refractivity contribution < 1.29 is 9.53 Å². The quantitative estimate of drug-likeness (QED) is 0.628. The Hall–Kier alpha value is -1.15. The van der Waals surface area contributed by atoms with Crippen LogP contribution in [0.15, 0.2) is 30.3 Å². The molecular formula is C10H10O2. The number of rotatable bonds is 1. The fourth-order valence-corrected chi connectivity index (χ4v) is 1.41. The molecule has 1 fully saturated rings. The second-order valence-corrected chi connectivity index (χ2v) is 2.88. The van der Waals surface area contributed by atoms with Gasteiger partial charge in [0.15, 0.2) is 5.78 Å². The van der Waals surface area contributed by atoms with Gasteiger partial charge in [-0.2, -0.15) is 0 Å².